The van der Waals surface area contributed by atoms with Gasteiger partial charge in [-0.3, -0.25) is 0 Å². The summed E-state index contributed by atoms with van der Waals surface area (Å²) < 4.78 is 10.6. The molecule has 17 heavy (non-hydrogen) atoms. The number of thioether (sulfide) groups is 1. The third kappa shape index (κ3) is 6.09. The van der Waals surface area contributed by atoms with Crippen LogP contribution in [0.25, 0.3) is 0 Å². The van der Waals surface area contributed by atoms with E-state index in [1.54, 1.807) is 7.11 Å². The van der Waals surface area contributed by atoms with Gasteiger partial charge in [-0.05, 0) is 36.2 Å². The minimum Gasteiger partial charge on any atom is -0.383 e. The van der Waals surface area contributed by atoms with Crippen LogP contribution in [0, 0.1) is 5.41 Å². The number of nitrogens with one attached hydrogen (secondary N) is 1. The summed E-state index contributed by atoms with van der Waals surface area (Å²) in [5.74, 6) is 2.51. The predicted molar refractivity (Wildman–Crippen MR) is 74.8 cm³/mol. The van der Waals surface area contributed by atoms with Gasteiger partial charge in [0.1, 0.15) is 0 Å². The van der Waals surface area contributed by atoms with Crippen molar-refractivity contribution in [2.75, 3.05) is 51.5 Å². The largest absolute Gasteiger partial charge is 0.383 e. The lowest BCUT2D eigenvalue weighted by Gasteiger charge is -2.37. The number of methoxy groups -OCH3 is 1. The first kappa shape index (κ1) is 15.3. The van der Waals surface area contributed by atoms with E-state index in [4.69, 9.17) is 9.47 Å². The van der Waals surface area contributed by atoms with Crippen LogP contribution in [0.1, 0.15) is 26.2 Å². The fourth-order valence-electron chi connectivity index (χ4n) is 2.28. The molecule has 0 unspecified atom stereocenters. The van der Waals surface area contributed by atoms with Gasteiger partial charge >= 0.3 is 0 Å². The summed E-state index contributed by atoms with van der Waals surface area (Å²) in [6.07, 6.45) is 3.73. The third-order valence-electron chi connectivity index (χ3n) is 3.52. The molecule has 1 heterocycles. The summed E-state index contributed by atoms with van der Waals surface area (Å²) in [6, 6.07) is 0. The fourth-order valence-corrected chi connectivity index (χ4v) is 3.15. The first-order valence-corrected chi connectivity index (χ1v) is 7.83. The number of hydrogen-bond donors (Lipinski definition) is 1. The fraction of sp³-hybridized carbons (Fsp3) is 1.00. The summed E-state index contributed by atoms with van der Waals surface area (Å²) in [5, 5.41) is 3.53. The van der Waals surface area contributed by atoms with Crippen LogP contribution in [0.3, 0.4) is 0 Å². The second kappa shape index (κ2) is 9.20. The Kier molecular flexibility index (Phi) is 8.27. The maximum Gasteiger partial charge on any atom is 0.0587 e. The third-order valence-corrected chi connectivity index (χ3v) is 4.42. The van der Waals surface area contributed by atoms with Gasteiger partial charge in [-0.2, -0.15) is 11.8 Å². The van der Waals surface area contributed by atoms with Gasteiger partial charge in [-0.25, -0.2) is 0 Å². The highest BCUT2D eigenvalue weighted by atomic mass is 32.2. The number of hydrogen-bond acceptors (Lipinski definition) is 4. The van der Waals surface area contributed by atoms with E-state index in [0.717, 1.165) is 32.9 Å². The summed E-state index contributed by atoms with van der Waals surface area (Å²) in [4.78, 5) is 0. The molecule has 0 aliphatic carbocycles. The standard InChI is InChI=1S/C13H27NO2S/c1-3-17-11-6-13(4-8-16-9-5-13)12-14-7-10-15-2/h14H,3-12H2,1-2H3. The molecule has 0 atom stereocenters. The molecule has 0 saturated carbocycles. The lowest BCUT2D eigenvalue weighted by Crippen LogP contribution is -2.40. The number of rotatable bonds is 9. The maximum absolute atomic E-state index is 5.50. The van der Waals surface area contributed by atoms with Gasteiger partial charge in [0.05, 0.1) is 6.61 Å². The molecule has 3 nitrogen and oxygen atoms in total. The second-order valence-corrected chi connectivity index (χ2v) is 6.12. The zero-order valence-corrected chi connectivity index (χ0v) is 12.1. The van der Waals surface area contributed by atoms with E-state index in [1.807, 2.05) is 0 Å². The summed E-state index contributed by atoms with van der Waals surface area (Å²) >= 11 is 2.05. The van der Waals surface area contributed by atoms with Gasteiger partial charge in [0.2, 0.25) is 0 Å². The molecule has 0 bridgehead atoms. The van der Waals surface area contributed by atoms with Crippen molar-refractivity contribution in [1.29, 1.82) is 0 Å². The van der Waals surface area contributed by atoms with E-state index in [0.29, 0.717) is 5.41 Å². The molecule has 0 aromatic rings. The monoisotopic (exact) mass is 261 g/mol. The van der Waals surface area contributed by atoms with Gasteiger partial charge in [0.25, 0.3) is 0 Å². The smallest absolute Gasteiger partial charge is 0.0587 e. The van der Waals surface area contributed by atoms with Gasteiger partial charge in [-0.15, -0.1) is 0 Å². The molecule has 0 aromatic heterocycles. The van der Waals surface area contributed by atoms with Gasteiger partial charge in [-0.1, -0.05) is 6.92 Å². The van der Waals surface area contributed by atoms with Crippen LogP contribution in [0.5, 0.6) is 0 Å². The SMILES string of the molecule is CCSCCC1(CNCCOC)CCOCC1. The lowest BCUT2D eigenvalue weighted by atomic mass is 9.78. The molecule has 0 aromatic carbocycles. The predicted octanol–water partition coefficient (Wildman–Crippen LogP) is 2.16. The van der Waals surface area contributed by atoms with Crippen molar-refractivity contribution in [3.8, 4) is 0 Å². The van der Waals surface area contributed by atoms with Gasteiger partial charge in [0, 0.05) is 33.4 Å². The topological polar surface area (TPSA) is 30.5 Å². The van der Waals surface area contributed by atoms with Crippen LogP contribution >= 0.6 is 11.8 Å². The van der Waals surface area contributed by atoms with Crippen LogP contribution < -0.4 is 5.32 Å². The molecule has 1 fully saturated rings. The van der Waals surface area contributed by atoms with Gasteiger partial charge in [0.15, 0.2) is 0 Å². The molecule has 4 heteroatoms. The van der Waals surface area contributed by atoms with Crippen molar-refractivity contribution >= 4 is 11.8 Å². The average molecular weight is 261 g/mol. The highest BCUT2D eigenvalue weighted by Crippen LogP contribution is 2.34. The molecule has 0 radical (unpaired) electrons. The summed E-state index contributed by atoms with van der Waals surface area (Å²) in [5.41, 5.74) is 0.466. The van der Waals surface area contributed by atoms with E-state index in [-0.39, 0.29) is 0 Å². The van der Waals surface area contributed by atoms with Crippen molar-refractivity contribution in [2.24, 2.45) is 5.41 Å². The zero-order chi connectivity index (χ0) is 12.4. The summed E-state index contributed by atoms with van der Waals surface area (Å²) in [6.45, 7) is 6.98. The van der Waals surface area contributed by atoms with E-state index in [2.05, 4.69) is 24.0 Å². The first-order valence-electron chi connectivity index (χ1n) is 6.68. The highest BCUT2D eigenvalue weighted by Gasteiger charge is 2.31. The molecule has 0 spiro atoms. The Balaban J connectivity index is 2.29. The normalized spacial score (nSPS) is 19.4. The Labute approximate surface area is 110 Å². The van der Waals surface area contributed by atoms with Crippen LogP contribution in [0.4, 0.5) is 0 Å². The van der Waals surface area contributed by atoms with E-state index < -0.39 is 0 Å². The van der Waals surface area contributed by atoms with Crippen molar-refractivity contribution < 1.29 is 9.47 Å². The maximum atomic E-state index is 5.50. The minimum absolute atomic E-state index is 0.466. The zero-order valence-electron chi connectivity index (χ0n) is 11.3. The quantitative estimate of drug-likeness (QED) is 0.644. The summed E-state index contributed by atoms with van der Waals surface area (Å²) in [7, 11) is 1.75. The van der Waals surface area contributed by atoms with E-state index in [1.165, 1.54) is 30.8 Å². The average Bonchev–Trinajstić information content (AvgIpc) is 2.36. The van der Waals surface area contributed by atoms with Gasteiger partial charge < -0.3 is 14.8 Å². The Hall–Kier alpha value is 0.230. The first-order chi connectivity index (χ1) is 8.33. The molecule has 1 aliphatic rings. The molecule has 102 valence electrons. The Bertz CT molecular complexity index is 184. The molecule has 1 N–H and O–H groups in total. The van der Waals surface area contributed by atoms with Crippen LogP contribution in [0.15, 0.2) is 0 Å². The van der Waals surface area contributed by atoms with Crippen molar-refractivity contribution in [3.63, 3.8) is 0 Å². The van der Waals surface area contributed by atoms with Crippen LogP contribution in [0.2, 0.25) is 0 Å². The molecular weight excluding hydrogens is 234 g/mol. The molecular formula is C13H27NO2S. The van der Waals surface area contributed by atoms with Crippen molar-refractivity contribution in [3.05, 3.63) is 0 Å². The Morgan fingerprint density at radius 2 is 2.12 bits per heavy atom. The molecule has 0 amide bonds. The molecule has 1 aliphatic heterocycles. The number of ether oxygens (including phenoxy) is 2. The second-order valence-electron chi connectivity index (χ2n) is 4.73. The van der Waals surface area contributed by atoms with E-state index in [9.17, 15) is 0 Å². The van der Waals surface area contributed by atoms with E-state index >= 15 is 0 Å². The lowest BCUT2D eigenvalue weighted by molar-refractivity contribution is 0.0128. The minimum atomic E-state index is 0.466. The van der Waals surface area contributed by atoms with Crippen LogP contribution in [-0.4, -0.2) is 51.5 Å². The van der Waals surface area contributed by atoms with Crippen LogP contribution in [-0.2, 0) is 9.47 Å². The van der Waals surface area contributed by atoms with Crippen molar-refractivity contribution in [1.82, 2.24) is 5.32 Å². The Morgan fingerprint density at radius 1 is 1.35 bits per heavy atom. The molecule has 1 rings (SSSR count). The Morgan fingerprint density at radius 3 is 2.76 bits per heavy atom. The highest BCUT2D eigenvalue weighted by molar-refractivity contribution is 7.99. The van der Waals surface area contributed by atoms with Crippen molar-refractivity contribution in [2.45, 2.75) is 26.2 Å². The molecule has 1 saturated heterocycles.